The number of aliphatic hydroxyl groups is 1. The highest BCUT2D eigenvalue weighted by atomic mass is 19.1. The number of carbonyl (C=O) groups is 3. The number of aliphatic hydroxyl groups excluding tert-OH is 1. The molecule has 1 aliphatic heterocycles. The van der Waals surface area contributed by atoms with E-state index in [1.165, 1.54) is 29.2 Å². The van der Waals surface area contributed by atoms with Crippen LogP contribution in [0.1, 0.15) is 24.2 Å². The van der Waals surface area contributed by atoms with E-state index < -0.39 is 24.0 Å². The van der Waals surface area contributed by atoms with Crippen molar-refractivity contribution >= 4 is 45.8 Å². The third kappa shape index (κ3) is 7.15. The van der Waals surface area contributed by atoms with Crippen molar-refractivity contribution in [3.63, 3.8) is 0 Å². The van der Waals surface area contributed by atoms with Gasteiger partial charge >= 0.3 is 12.1 Å². The molecule has 1 aliphatic rings. The van der Waals surface area contributed by atoms with Gasteiger partial charge in [0.2, 0.25) is 0 Å². The minimum atomic E-state index is -0.620. The van der Waals surface area contributed by atoms with Crippen LogP contribution < -0.4 is 20.7 Å². The van der Waals surface area contributed by atoms with Crippen LogP contribution in [0.3, 0.4) is 0 Å². The molecule has 0 bridgehead atoms. The topological polar surface area (TPSA) is 123 Å². The zero-order chi connectivity index (χ0) is 32.1. The van der Waals surface area contributed by atoms with E-state index in [1.54, 1.807) is 37.1 Å². The molecule has 4 N–H and O–H groups in total. The highest BCUT2D eigenvalue weighted by molar-refractivity contribution is 6.04. The maximum atomic E-state index is 13.7. The van der Waals surface area contributed by atoms with E-state index in [2.05, 4.69) is 16.0 Å². The molecule has 45 heavy (non-hydrogen) atoms. The fraction of sp³-hybridized carbons (Fsp3) is 0.265. The van der Waals surface area contributed by atoms with Gasteiger partial charge in [-0.1, -0.05) is 49.4 Å². The average Bonchev–Trinajstić information content (AvgIpc) is 3.03. The molecule has 0 spiro atoms. The third-order valence-corrected chi connectivity index (χ3v) is 7.87. The maximum absolute atomic E-state index is 13.7. The Balaban J connectivity index is 1.41. The van der Waals surface area contributed by atoms with Crippen LogP contribution in [-0.4, -0.2) is 71.8 Å². The smallest absolute Gasteiger partial charge is 0.323 e. The van der Waals surface area contributed by atoms with Crippen molar-refractivity contribution in [1.82, 2.24) is 9.80 Å². The first-order valence-corrected chi connectivity index (χ1v) is 14.7. The van der Waals surface area contributed by atoms with Gasteiger partial charge in [0.1, 0.15) is 11.9 Å². The molecule has 234 valence electrons. The zero-order valence-electron chi connectivity index (χ0n) is 25.3. The fourth-order valence-electron chi connectivity index (χ4n) is 5.28. The summed E-state index contributed by atoms with van der Waals surface area (Å²) in [6, 6.07) is 22.1. The van der Waals surface area contributed by atoms with E-state index >= 15 is 0 Å². The van der Waals surface area contributed by atoms with Crippen molar-refractivity contribution in [2.75, 3.05) is 42.7 Å². The first-order chi connectivity index (χ1) is 21.6. The largest absolute Gasteiger partial charge is 0.485 e. The molecule has 3 atom stereocenters. The van der Waals surface area contributed by atoms with Crippen LogP contribution in [0.4, 0.5) is 31.0 Å². The van der Waals surface area contributed by atoms with Gasteiger partial charge in [-0.3, -0.25) is 4.79 Å². The number of likely N-dealkylation sites (N-methyl/N-ethyl adjacent to an activating group) is 1. The Hall–Kier alpha value is -5.16. The predicted molar refractivity (Wildman–Crippen MR) is 172 cm³/mol. The molecule has 5 rings (SSSR count). The number of urea groups is 2. The average molecular weight is 614 g/mol. The molecule has 0 fully saturated rings. The van der Waals surface area contributed by atoms with Gasteiger partial charge in [-0.15, -0.1) is 0 Å². The van der Waals surface area contributed by atoms with Crippen LogP contribution in [0.25, 0.3) is 10.8 Å². The van der Waals surface area contributed by atoms with E-state index in [0.29, 0.717) is 11.4 Å². The van der Waals surface area contributed by atoms with Gasteiger partial charge in [-0.05, 0) is 54.8 Å². The summed E-state index contributed by atoms with van der Waals surface area (Å²) in [5.74, 6) is -0.923. The molecular formula is C34H36FN5O5. The summed E-state index contributed by atoms with van der Waals surface area (Å²) < 4.78 is 19.8. The number of para-hydroxylation sites is 1. The minimum Gasteiger partial charge on any atom is -0.485 e. The molecule has 0 aromatic heterocycles. The van der Waals surface area contributed by atoms with E-state index in [1.807, 2.05) is 49.4 Å². The Morgan fingerprint density at radius 3 is 2.42 bits per heavy atom. The summed E-state index contributed by atoms with van der Waals surface area (Å²) in [6.07, 6.45) is -0.600. The molecule has 0 radical (unpaired) electrons. The number of hydrogen-bond donors (Lipinski definition) is 4. The second-order valence-electron chi connectivity index (χ2n) is 11.2. The number of carbonyl (C=O) groups excluding carboxylic acids is 3. The number of nitrogens with one attached hydrogen (secondary N) is 3. The van der Waals surface area contributed by atoms with Crippen LogP contribution in [0.2, 0.25) is 0 Å². The van der Waals surface area contributed by atoms with Gasteiger partial charge in [0.25, 0.3) is 5.91 Å². The lowest BCUT2D eigenvalue weighted by Crippen LogP contribution is -2.50. The van der Waals surface area contributed by atoms with Crippen molar-refractivity contribution in [2.24, 2.45) is 5.92 Å². The van der Waals surface area contributed by atoms with Gasteiger partial charge in [-0.25, -0.2) is 14.0 Å². The minimum absolute atomic E-state index is 0.145. The monoisotopic (exact) mass is 613 g/mol. The SMILES string of the molecule is C[C@H](CO)N1C[C@H](C)[C@@H](CN(C)C(=O)Nc2cccc3ccccc23)Oc2c(NC(=O)Nc3ccc(F)cc3)cccc2C1=O. The van der Waals surface area contributed by atoms with Crippen molar-refractivity contribution in [2.45, 2.75) is 26.0 Å². The number of fused-ring (bicyclic) bond motifs is 2. The lowest BCUT2D eigenvalue weighted by atomic mass is 9.99. The van der Waals surface area contributed by atoms with Crippen LogP contribution in [0, 0.1) is 11.7 Å². The van der Waals surface area contributed by atoms with Crippen molar-refractivity contribution in [3.05, 3.63) is 96.3 Å². The number of nitrogens with zero attached hydrogens (tertiary/aromatic N) is 2. The Kier molecular flexibility index (Phi) is 9.48. The van der Waals surface area contributed by atoms with E-state index in [-0.39, 0.29) is 54.6 Å². The first kappa shape index (κ1) is 31.3. The Bertz CT molecular complexity index is 1690. The second-order valence-corrected chi connectivity index (χ2v) is 11.2. The Morgan fingerprint density at radius 2 is 1.67 bits per heavy atom. The standard InChI is InChI=1S/C34H36FN5O5/c1-21-18-40(22(2)20-41)32(42)27-11-7-13-29(37-33(43)36-25-16-14-24(35)15-17-25)31(27)45-30(21)19-39(3)34(44)38-28-12-6-9-23-8-4-5-10-26(23)28/h4-17,21-22,30,41H,18-20H2,1-3H3,(H,38,44)(H2,36,37,43)/t21-,22+,30+/m0/s1. The maximum Gasteiger partial charge on any atom is 0.323 e. The van der Waals surface area contributed by atoms with E-state index in [9.17, 15) is 23.9 Å². The number of amides is 5. The molecule has 0 saturated carbocycles. The summed E-state index contributed by atoms with van der Waals surface area (Å²) in [5, 5.41) is 20.2. The number of hydrogen-bond acceptors (Lipinski definition) is 5. The van der Waals surface area contributed by atoms with Crippen LogP contribution in [-0.2, 0) is 0 Å². The number of rotatable bonds is 7. The number of ether oxygens (including phenoxy) is 1. The molecule has 5 amide bonds. The van der Waals surface area contributed by atoms with Gasteiger partial charge in [-0.2, -0.15) is 0 Å². The molecule has 4 aromatic rings. The lowest BCUT2D eigenvalue weighted by Gasteiger charge is -2.38. The number of anilines is 3. The summed E-state index contributed by atoms with van der Waals surface area (Å²) in [6.45, 7) is 3.84. The quantitative estimate of drug-likeness (QED) is 0.203. The molecule has 10 nitrogen and oxygen atoms in total. The predicted octanol–water partition coefficient (Wildman–Crippen LogP) is 6.01. The molecule has 0 saturated heterocycles. The van der Waals surface area contributed by atoms with Gasteiger partial charge in [0.15, 0.2) is 5.75 Å². The second kappa shape index (κ2) is 13.6. The first-order valence-electron chi connectivity index (χ1n) is 14.7. The van der Waals surface area contributed by atoms with Crippen molar-refractivity contribution in [3.8, 4) is 5.75 Å². The van der Waals surface area contributed by atoms with Gasteiger partial charge < -0.3 is 35.6 Å². The molecule has 1 heterocycles. The van der Waals surface area contributed by atoms with Crippen LogP contribution in [0.15, 0.2) is 84.9 Å². The van der Waals surface area contributed by atoms with Gasteiger partial charge in [0, 0.05) is 30.6 Å². The molecule has 4 aromatic carbocycles. The zero-order valence-corrected chi connectivity index (χ0v) is 25.3. The van der Waals surface area contributed by atoms with Crippen LogP contribution >= 0.6 is 0 Å². The molecule has 0 aliphatic carbocycles. The van der Waals surface area contributed by atoms with E-state index in [0.717, 1.165) is 10.8 Å². The summed E-state index contributed by atoms with van der Waals surface area (Å²) >= 11 is 0. The fourth-order valence-corrected chi connectivity index (χ4v) is 5.28. The van der Waals surface area contributed by atoms with E-state index in [4.69, 9.17) is 4.74 Å². The molecule has 0 unspecified atom stereocenters. The normalized spacial score (nSPS) is 16.9. The van der Waals surface area contributed by atoms with Crippen LogP contribution in [0.5, 0.6) is 5.75 Å². The lowest BCUT2D eigenvalue weighted by molar-refractivity contribution is 0.0373. The Labute approximate surface area is 260 Å². The highest BCUT2D eigenvalue weighted by Gasteiger charge is 2.35. The molecular weight excluding hydrogens is 577 g/mol. The van der Waals surface area contributed by atoms with Crippen molar-refractivity contribution < 1.29 is 28.6 Å². The molecule has 11 heteroatoms. The third-order valence-electron chi connectivity index (χ3n) is 7.87. The summed E-state index contributed by atoms with van der Waals surface area (Å²) in [7, 11) is 1.66. The summed E-state index contributed by atoms with van der Waals surface area (Å²) in [5.41, 5.74) is 1.49. The number of benzene rings is 4. The van der Waals surface area contributed by atoms with Gasteiger partial charge in [0.05, 0.1) is 36.1 Å². The number of halogens is 1. The van der Waals surface area contributed by atoms with Crippen molar-refractivity contribution in [1.29, 1.82) is 0 Å². The summed E-state index contributed by atoms with van der Waals surface area (Å²) in [4.78, 5) is 43.2. The highest BCUT2D eigenvalue weighted by Crippen LogP contribution is 2.35. The Morgan fingerprint density at radius 1 is 0.978 bits per heavy atom.